The maximum Gasteiger partial charge on any atom is 0.220 e. The summed E-state index contributed by atoms with van der Waals surface area (Å²) in [5.41, 5.74) is 0.336. The zero-order valence-electron chi connectivity index (χ0n) is 17.9. The van der Waals surface area contributed by atoms with Crippen molar-refractivity contribution in [2.24, 2.45) is 16.3 Å². The van der Waals surface area contributed by atoms with E-state index in [0.29, 0.717) is 30.8 Å². The summed E-state index contributed by atoms with van der Waals surface area (Å²) >= 11 is 0. The summed E-state index contributed by atoms with van der Waals surface area (Å²) in [6, 6.07) is 0. The number of amides is 1. The molecule has 2 fully saturated rings. The first-order chi connectivity index (χ1) is 13.2. The smallest absolute Gasteiger partial charge is 0.220 e. The van der Waals surface area contributed by atoms with Gasteiger partial charge in [0.05, 0.1) is 0 Å². The van der Waals surface area contributed by atoms with Gasteiger partial charge in [-0.3, -0.25) is 9.79 Å². The van der Waals surface area contributed by atoms with Gasteiger partial charge in [0.25, 0.3) is 0 Å². The largest absolute Gasteiger partial charge is 0.382 e. The molecule has 0 aromatic heterocycles. The van der Waals surface area contributed by atoms with Crippen molar-refractivity contribution < 1.29 is 9.53 Å². The first kappa shape index (κ1) is 25.5. The molecule has 164 valence electrons. The van der Waals surface area contributed by atoms with Gasteiger partial charge in [0.2, 0.25) is 5.91 Å². The fourth-order valence-corrected chi connectivity index (χ4v) is 4.50. The Morgan fingerprint density at radius 3 is 2.39 bits per heavy atom. The summed E-state index contributed by atoms with van der Waals surface area (Å²) in [7, 11) is 1.80. The van der Waals surface area contributed by atoms with E-state index in [9.17, 15) is 4.79 Å². The van der Waals surface area contributed by atoms with E-state index in [1.807, 2.05) is 0 Å². The van der Waals surface area contributed by atoms with Crippen LogP contribution in [0.25, 0.3) is 0 Å². The molecule has 0 saturated heterocycles. The van der Waals surface area contributed by atoms with Crippen molar-refractivity contribution in [3.05, 3.63) is 0 Å². The Morgan fingerprint density at radius 1 is 1.07 bits per heavy atom. The van der Waals surface area contributed by atoms with Crippen LogP contribution in [0, 0.1) is 11.3 Å². The van der Waals surface area contributed by atoms with Crippen LogP contribution in [-0.2, 0) is 9.53 Å². The first-order valence-corrected chi connectivity index (χ1v) is 11.0. The molecule has 0 aliphatic heterocycles. The lowest BCUT2D eigenvalue weighted by atomic mass is 9.83. The van der Waals surface area contributed by atoms with Crippen LogP contribution >= 0.6 is 24.0 Å². The highest BCUT2D eigenvalue weighted by molar-refractivity contribution is 14.0. The molecular formula is C21H41IN4O2. The van der Waals surface area contributed by atoms with E-state index in [1.165, 1.54) is 51.4 Å². The Balaban J connectivity index is 0.00000392. The average molecular weight is 508 g/mol. The third-order valence-corrected chi connectivity index (χ3v) is 6.19. The van der Waals surface area contributed by atoms with Crippen molar-refractivity contribution in [2.45, 2.75) is 71.1 Å². The van der Waals surface area contributed by atoms with E-state index in [1.54, 1.807) is 7.05 Å². The van der Waals surface area contributed by atoms with Gasteiger partial charge in [-0.1, -0.05) is 25.7 Å². The number of ether oxygens (including phenoxy) is 1. The lowest BCUT2D eigenvalue weighted by molar-refractivity contribution is -0.121. The van der Waals surface area contributed by atoms with Gasteiger partial charge < -0.3 is 20.7 Å². The van der Waals surface area contributed by atoms with E-state index in [-0.39, 0.29) is 29.9 Å². The van der Waals surface area contributed by atoms with E-state index < -0.39 is 0 Å². The number of hydrogen-bond donors (Lipinski definition) is 3. The molecule has 0 heterocycles. The quantitative estimate of drug-likeness (QED) is 0.173. The Labute approximate surface area is 188 Å². The van der Waals surface area contributed by atoms with Gasteiger partial charge in [0.15, 0.2) is 5.96 Å². The summed E-state index contributed by atoms with van der Waals surface area (Å²) in [4.78, 5) is 16.3. The monoisotopic (exact) mass is 508 g/mol. The molecule has 2 rings (SSSR count). The number of hydrogen-bond acceptors (Lipinski definition) is 3. The normalized spacial score (nSPS) is 19.3. The number of nitrogens with one attached hydrogen (secondary N) is 3. The topological polar surface area (TPSA) is 74.8 Å². The fourth-order valence-electron chi connectivity index (χ4n) is 4.50. The van der Waals surface area contributed by atoms with Gasteiger partial charge in [0, 0.05) is 46.3 Å². The van der Waals surface area contributed by atoms with E-state index in [2.05, 4.69) is 27.9 Å². The minimum Gasteiger partial charge on any atom is -0.382 e. The number of rotatable bonds is 11. The number of guanidine groups is 1. The minimum atomic E-state index is 0. The lowest BCUT2D eigenvalue weighted by Crippen LogP contribution is -2.45. The van der Waals surface area contributed by atoms with Crippen molar-refractivity contribution in [1.82, 2.24) is 16.0 Å². The van der Waals surface area contributed by atoms with Crippen molar-refractivity contribution in [2.75, 3.05) is 39.9 Å². The van der Waals surface area contributed by atoms with Crippen LogP contribution < -0.4 is 16.0 Å². The Hall–Kier alpha value is -0.570. The van der Waals surface area contributed by atoms with Crippen LogP contribution in [0.15, 0.2) is 4.99 Å². The first-order valence-electron chi connectivity index (χ1n) is 11.0. The van der Waals surface area contributed by atoms with Crippen LogP contribution in [0.4, 0.5) is 0 Å². The molecule has 0 atom stereocenters. The minimum absolute atomic E-state index is 0. The molecule has 2 saturated carbocycles. The SMILES string of the molecule is CCOCCC1(CNC(=NC)NCCNC(=O)CC2CCCC2)CCCC1.I. The molecular weight excluding hydrogens is 467 g/mol. The van der Waals surface area contributed by atoms with Gasteiger partial charge in [-0.25, -0.2) is 0 Å². The maximum atomic E-state index is 12.0. The molecule has 28 heavy (non-hydrogen) atoms. The average Bonchev–Trinajstić information content (AvgIpc) is 3.34. The van der Waals surface area contributed by atoms with Crippen LogP contribution in [0.5, 0.6) is 0 Å². The van der Waals surface area contributed by atoms with E-state index in [4.69, 9.17) is 4.74 Å². The molecule has 2 aliphatic rings. The number of nitrogens with zero attached hydrogens (tertiary/aromatic N) is 1. The molecule has 3 N–H and O–H groups in total. The van der Waals surface area contributed by atoms with Gasteiger partial charge in [-0.15, -0.1) is 24.0 Å². The molecule has 6 nitrogen and oxygen atoms in total. The predicted molar refractivity (Wildman–Crippen MR) is 126 cm³/mol. The van der Waals surface area contributed by atoms with Crippen molar-refractivity contribution in [3.63, 3.8) is 0 Å². The molecule has 0 bridgehead atoms. The van der Waals surface area contributed by atoms with Crippen LogP contribution in [-0.4, -0.2) is 51.8 Å². The molecule has 0 aromatic rings. The number of carbonyl (C=O) groups excluding carboxylic acids is 1. The fraction of sp³-hybridized carbons (Fsp3) is 0.905. The van der Waals surface area contributed by atoms with E-state index >= 15 is 0 Å². The number of halogens is 1. The van der Waals surface area contributed by atoms with Crippen molar-refractivity contribution in [1.29, 1.82) is 0 Å². The molecule has 1 amide bonds. The van der Waals surface area contributed by atoms with Crippen LogP contribution in [0.2, 0.25) is 0 Å². The molecule has 0 aromatic carbocycles. The highest BCUT2D eigenvalue weighted by Gasteiger charge is 2.33. The summed E-state index contributed by atoms with van der Waals surface area (Å²) in [5, 5.41) is 9.84. The highest BCUT2D eigenvalue weighted by atomic mass is 127. The standard InChI is InChI=1S/C21H40N4O2.HI/c1-3-27-15-12-21(10-6-7-11-21)17-25-20(22-2)24-14-13-23-19(26)16-18-8-4-5-9-18;/h18H,3-17H2,1-2H3,(H,23,26)(H2,22,24,25);1H. The van der Waals surface area contributed by atoms with Gasteiger partial charge in [0.1, 0.15) is 0 Å². The van der Waals surface area contributed by atoms with Crippen LogP contribution in [0.3, 0.4) is 0 Å². The van der Waals surface area contributed by atoms with Gasteiger partial charge >= 0.3 is 0 Å². The molecule has 0 spiro atoms. The predicted octanol–water partition coefficient (Wildman–Crippen LogP) is 3.45. The van der Waals surface area contributed by atoms with Crippen molar-refractivity contribution in [3.8, 4) is 0 Å². The molecule has 0 radical (unpaired) electrons. The Kier molecular flexibility index (Phi) is 13.1. The molecule has 7 heteroatoms. The third kappa shape index (κ3) is 9.29. The van der Waals surface area contributed by atoms with Crippen LogP contribution in [0.1, 0.15) is 71.1 Å². The second kappa shape index (κ2) is 14.4. The number of carbonyl (C=O) groups is 1. The second-order valence-corrected chi connectivity index (χ2v) is 8.21. The highest BCUT2D eigenvalue weighted by Crippen LogP contribution is 2.40. The van der Waals surface area contributed by atoms with Gasteiger partial charge in [-0.2, -0.15) is 0 Å². The van der Waals surface area contributed by atoms with E-state index in [0.717, 1.165) is 32.1 Å². The summed E-state index contributed by atoms with van der Waals surface area (Å²) in [5.74, 6) is 1.61. The van der Waals surface area contributed by atoms with Crippen molar-refractivity contribution >= 4 is 35.8 Å². The maximum absolute atomic E-state index is 12.0. The summed E-state index contributed by atoms with van der Waals surface area (Å²) in [6.07, 6.45) is 12.0. The molecule has 0 unspecified atom stereocenters. The second-order valence-electron chi connectivity index (χ2n) is 8.21. The Morgan fingerprint density at radius 2 is 1.75 bits per heavy atom. The Bertz CT molecular complexity index is 461. The summed E-state index contributed by atoms with van der Waals surface area (Å²) < 4.78 is 5.59. The van der Waals surface area contributed by atoms with Gasteiger partial charge in [-0.05, 0) is 50.4 Å². The summed E-state index contributed by atoms with van der Waals surface area (Å²) in [6.45, 7) is 5.96. The number of aliphatic imine (C=N–C) groups is 1. The zero-order chi connectivity index (χ0) is 19.4. The third-order valence-electron chi connectivity index (χ3n) is 6.19. The molecule has 2 aliphatic carbocycles. The lowest BCUT2D eigenvalue weighted by Gasteiger charge is -2.30. The zero-order valence-corrected chi connectivity index (χ0v) is 20.2.